The number of nitrogens with one attached hydrogen (secondary N) is 2. The number of carbonyl (C=O) groups excluding carboxylic acids is 1. The second-order valence-electron chi connectivity index (χ2n) is 3.52. The number of carbonyl (C=O) groups is 1. The van der Waals surface area contributed by atoms with Crippen LogP contribution >= 0.6 is 15.9 Å². The van der Waals surface area contributed by atoms with E-state index in [-0.39, 0.29) is 11.6 Å². The minimum Gasteiger partial charge on any atom is -0.350 e. The maximum Gasteiger partial charge on any atom is 0.254 e. The highest BCUT2D eigenvalue weighted by Crippen LogP contribution is 2.15. The fourth-order valence-corrected chi connectivity index (χ4v) is 1.48. The summed E-state index contributed by atoms with van der Waals surface area (Å²) < 4.78 is 14.0. The molecule has 0 aliphatic heterocycles. The van der Waals surface area contributed by atoms with Crippen LogP contribution in [0.3, 0.4) is 0 Å². The Morgan fingerprint density at radius 2 is 2.25 bits per heavy atom. The summed E-state index contributed by atoms with van der Waals surface area (Å²) >= 11 is 3.20. The maximum absolute atomic E-state index is 13.3. The van der Waals surface area contributed by atoms with Gasteiger partial charge in [0.1, 0.15) is 5.82 Å². The second-order valence-corrected chi connectivity index (χ2v) is 4.44. The van der Waals surface area contributed by atoms with Crippen LogP contribution in [0.1, 0.15) is 17.3 Å². The quantitative estimate of drug-likeness (QED) is 0.889. The first-order valence-corrected chi connectivity index (χ1v) is 5.74. The van der Waals surface area contributed by atoms with E-state index in [4.69, 9.17) is 0 Å². The van der Waals surface area contributed by atoms with Crippen LogP contribution in [-0.2, 0) is 0 Å². The van der Waals surface area contributed by atoms with E-state index >= 15 is 0 Å². The molecule has 16 heavy (non-hydrogen) atoms. The average Bonchev–Trinajstić information content (AvgIpc) is 2.28. The van der Waals surface area contributed by atoms with Gasteiger partial charge >= 0.3 is 0 Å². The Morgan fingerprint density at radius 1 is 1.56 bits per heavy atom. The molecule has 0 bridgehead atoms. The van der Waals surface area contributed by atoms with Crippen LogP contribution in [0.15, 0.2) is 22.7 Å². The molecule has 3 nitrogen and oxygen atoms in total. The third-order valence-corrected chi connectivity index (χ3v) is 2.73. The molecule has 88 valence electrons. The highest BCUT2D eigenvalue weighted by atomic mass is 79.9. The summed E-state index contributed by atoms with van der Waals surface area (Å²) in [6.07, 6.45) is 0. The molecule has 0 aliphatic rings. The molecule has 2 N–H and O–H groups in total. The molecule has 5 heteroatoms. The normalized spacial score (nSPS) is 12.2. The minimum atomic E-state index is -0.516. The molecule has 0 heterocycles. The van der Waals surface area contributed by atoms with Crippen LogP contribution in [0.4, 0.5) is 4.39 Å². The predicted molar refractivity (Wildman–Crippen MR) is 65.0 cm³/mol. The van der Waals surface area contributed by atoms with E-state index < -0.39 is 11.7 Å². The maximum atomic E-state index is 13.3. The Balaban J connectivity index is 2.69. The van der Waals surface area contributed by atoms with Crippen LogP contribution in [0.25, 0.3) is 0 Å². The van der Waals surface area contributed by atoms with Crippen molar-refractivity contribution in [3.63, 3.8) is 0 Å². The van der Waals surface area contributed by atoms with Crippen LogP contribution in [0.2, 0.25) is 0 Å². The number of likely N-dealkylation sites (N-methyl/N-ethyl adjacent to an activating group) is 1. The van der Waals surface area contributed by atoms with Gasteiger partial charge in [-0.1, -0.05) is 15.9 Å². The standard InChI is InChI=1S/C11H14BrFN2O/c1-7(14-2)6-15-11(16)9-5-8(12)3-4-10(9)13/h3-5,7,14H,6H2,1-2H3,(H,15,16). The molecule has 1 rings (SSSR count). The van der Waals surface area contributed by atoms with Gasteiger partial charge in [-0.2, -0.15) is 0 Å². The first kappa shape index (κ1) is 13.1. The zero-order chi connectivity index (χ0) is 12.1. The van der Waals surface area contributed by atoms with E-state index in [1.54, 1.807) is 13.1 Å². The molecule has 0 aliphatic carbocycles. The summed E-state index contributed by atoms with van der Waals surface area (Å²) in [6, 6.07) is 4.44. The van der Waals surface area contributed by atoms with Crippen LogP contribution in [0.5, 0.6) is 0 Å². The van der Waals surface area contributed by atoms with E-state index in [9.17, 15) is 9.18 Å². The molecule has 1 unspecified atom stereocenters. The van der Waals surface area contributed by atoms with Gasteiger partial charge in [-0.15, -0.1) is 0 Å². The Hall–Kier alpha value is -0.940. The molecular formula is C11H14BrFN2O. The van der Waals surface area contributed by atoms with Gasteiger partial charge in [0.15, 0.2) is 0 Å². The summed E-state index contributed by atoms with van der Waals surface area (Å²) in [6.45, 7) is 2.39. The van der Waals surface area contributed by atoms with Crippen LogP contribution < -0.4 is 10.6 Å². The zero-order valence-electron chi connectivity index (χ0n) is 9.18. The number of hydrogen-bond acceptors (Lipinski definition) is 2. The fourth-order valence-electron chi connectivity index (χ4n) is 1.11. The lowest BCUT2D eigenvalue weighted by molar-refractivity contribution is 0.0946. The van der Waals surface area contributed by atoms with Crippen molar-refractivity contribution in [2.75, 3.05) is 13.6 Å². The topological polar surface area (TPSA) is 41.1 Å². The summed E-state index contributed by atoms with van der Waals surface area (Å²) in [5.41, 5.74) is 0.0534. The number of halogens is 2. The monoisotopic (exact) mass is 288 g/mol. The smallest absolute Gasteiger partial charge is 0.254 e. The second kappa shape index (κ2) is 5.96. The lowest BCUT2D eigenvalue weighted by atomic mass is 10.2. The number of hydrogen-bond donors (Lipinski definition) is 2. The van der Waals surface area contributed by atoms with Crippen molar-refractivity contribution in [3.05, 3.63) is 34.1 Å². The molecular weight excluding hydrogens is 275 g/mol. The van der Waals surface area contributed by atoms with Crippen molar-refractivity contribution in [1.82, 2.24) is 10.6 Å². The van der Waals surface area contributed by atoms with Gasteiger partial charge in [0.2, 0.25) is 0 Å². The largest absolute Gasteiger partial charge is 0.350 e. The van der Waals surface area contributed by atoms with Gasteiger partial charge in [-0.05, 0) is 32.2 Å². The molecule has 1 aromatic rings. The fraction of sp³-hybridized carbons (Fsp3) is 0.364. The van der Waals surface area contributed by atoms with Gasteiger partial charge in [0.25, 0.3) is 5.91 Å². The van der Waals surface area contributed by atoms with Gasteiger partial charge < -0.3 is 10.6 Å². The van der Waals surface area contributed by atoms with Gasteiger partial charge in [0, 0.05) is 17.1 Å². The molecule has 1 atom stereocenters. The lowest BCUT2D eigenvalue weighted by Crippen LogP contribution is -2.37. The predicted octanol–water partition coefficient (Wildman–Crippen LogP) is 1.93. The van der Waals surface area contributed by atoms with Crippen molar-refractivity contribution in [2.45, 2.75) is 13.0 Å². The number of amides is 1. The van der Waals surface area contributed by atoms with E-state index in [2.05, 4.69) is 26.6 Å². The minimum absolute atomic E-state index is 0.0534. The number of rotatable bonds is 4. The summed E-state index contributed by atoms with van der Waals surface area (Å²) in [5, 5.41) is 5.64. The van der Waals surface area contributed by atoms with Crippen molar-refractivity contribution >= 4 is 21.8 Å². The highest BCUT2D eigenvalue weighted by molar-refractivity contribution is 9.10. The third kappa shape index (κ3) is 3.57. The summed E-state index contributed by atoms with van der Waals surface area (Å²) in [4.78, 5) is 11.6. The van der Waals surface area contributed by atoms with E-state index in [0.717, 1.165) is 0 Å². The molecule has 0 spiro atoms. The van der Waals surface area contributed by atoms with Crippen LogP contribution in [-0.4, -0.2) is 25.5 Å². The van der Waals surface area contributed by atoms with Gasteiger partial charge in [-0.25, -0.2) is 4.39 Å². The molecule has 1 amide bonds. The van der Waals surface area contributed by atoms with Gasteiger partial charge in [0.05, 0.1) is 5.56 Å². The molecule has 0 radical (unpaired) electrons. The third-order valence-electron chi connectivity index (χ3n) is 2.23. The first-order chi connectivity index (χ1) is 7.54. The Labute approximate surface area is 103 Å². The molecule has 0 saturated heterocycles. The first-order valence-electron chi connectivity index (χ1n) is 4.95. The average molecular weight is 289 g/mol. The lowest BCUT2D eigenvalue weighted by Gasteiger charge is -2.11. The molecule has 1 aromatic carbocycles. The van der Waals surface area contributed by atoms with E-state index in [1.807, 2.05) is 6.92 Å². The zero-order valence-corrected chi connectivity index (χ0v) is 10.8. The van der Waals surface area contributed by atoms with E-state index in [0.29, 0.717) is 11.0 Å². The van der Waals surface area contributed by atoms with Crippen molar-refractivity contribution in [3.8, 4) is 0 Å². The molecule has 0 aromatic heterocycles. The summed E-state index contributed by atoms with van der Waals surface area (Å²) in [7, 11) is 1.80. The number of benzene rings is 1. The Morgan fingerprint density at radius 3 is 2.88 bits per heavy atom. The van der Waals surface area contributed by atoms with E-state index in [1.165, 1.54) is 12.1 Å². The SMILES string of the molecule is CNC(C)CNC(=O)c1cc(Br)ccc1F. The van der Waals surface area contributed by atoms with Crippen LogP contribution in [0, 0.1) is 5.82 Å². The Kier molecular flexibility index (Phi) is 4.89. The highest BCUT2D eigenvalue weighted by Gasteiger charge is 2.12. The van der Waals surface area contributed by atoms with Crippen molar-refractivity contribution in [2.24, 2.45) is 0 Å². The summed E-state index contributed by atoms with van der Waals surface area (Å²) in [5.74, 6) is -0.918. The van der Waals surface area contributed by atoms with Crippen molar-refractivity contribution in [1.29, 1.82) is 0 Å². The van der Waals surface area contributed by atoms with Gasteiger partial charge in [-0.3, -0.25) is 4.79 Å². The Bertz CT molecular complexity index is 384. The molecule has 0 fully saturated rings. The molecule has 0 saturated carbocycles. The van der Waals surface area contributed by atoms with Crippen molar-refractivity contribution < 1.29 is 9.18 Å².